The number of anilines is 1. The zero-order valence-electron chi connectivity index (χ0n) is 10.5. The maximum Gasteiger partial charge on any atom is 0.349 e. The van der Waals surface area contributed by atoms with E-state index in [2.05, 4.69) is 25.4 Å². The monoisotopic (exact) mass is 248 g/mol. The Bertz CT molecular complexity index is 624. The van der Waals surface area contributed by atoms with E-state index in [1.807, 2.05) is 20.0 Å². The number of aryl methyl sites for hydroxylation is 1. The topological polar surface area (TPSA) is 78.3 Å². The standard InChI is InChI=1S/C11H16N6O/c1-7-13-9(16(2)8-3-4-12-6-8)5-10-14-15-11(18)17(7)10/h5,8,12H,3-4,6H2,1-2H3,(H,15,18). The fourth-order valence-corrected chi connectivity index (χ4v) is 2.42. The number of likely N-dealkylation sites (N-methyl/N-ethyl adjacent to an activating group) is 1. The largest absolute Gasteiger partial charge is 0.355 e. The molecule has 18 heavy (non-hydrogen) atoms. The molecule has 1 atom stereocenters. The molecule has 7 heteroatoms. The van der Waals surface area contributed by atoms with E-state index in [-0.39, 0.29) is 5.69 Å². The fourth-order valence-electron chi connectivity index (χ4n) is 2.42. The molecule has 0 aromatic carbocycles. The SMILES string of the molecule is Cc1nc(N(C)C2CCNC2)cc2n[nH]c(=O)n12. The Morgan fingerprint density at radius 1 is 1.56 bits per heavy atom. The third-order valence-electron chi connectivity index (χ3n) is 3.50. The van der Waals surface area contributed by atoms with E-state index in [9.17, 15) is 4.79 Å². The van der Waals surface area contributed by atoms with Gasteiger partial charge in [0.15, 0.2) is 5.65 Å². The molecule has 1 fully saturated rings. The molecule has 0 saturated carbocycles. The van der Waals surface area contributed by atoms with E-state index < -0.39 is 0 Å². The van der Waals surface area contributed by atoms with Gasteiger partial charge in [-0.2, -0.15) is 5.10 Å². The average Bonchev–Trinajstić information content (AvgIpc) is 2.98. The number of hydrogen-bond donors (Lipinski definition) is 2. The minimum atomic E-state index is -0.244. The van der Waals surface area contributed by atoms with Gasteiger partial charge < -0.3 is 10.2 Å². The zero-order valence-corrected chi connectivity index (χ0v) is 10.5. The van der Waals surface area contributed by atoms with Crippen molar-refractivity contribution in [3.63, 3.8) is 0 Å². The van der Waals surface area contributed by atoms with E-state index in [4.69, 9.17) is 0 Å². The van der Waals surface area contributed by atoms with Crippen molar-refractivity contribution in [2.45, 2.75) is 19.4 Å². The Morgan fingerprint density at radius 2 is 2.39 bits per heavy atom. The first-order chi connectivity index (χ1) is 8.66. The summed E-state index contributed by atoms with van der Waals surface area (Å²) in [6, 6.07) is 2.29. The first kappa shape index (κ1) is 11.2. The third kappa shape index (κ3) is 1.67. The van der Waals surface area contributed by atoms with Gasteiger partial charge in [0.05, 0.1) is 0 Å². The normalized spacial score (nSPS) is 19.6. The Kier molecular flexibility index (Phi) is 2.55. The summed E-state index contributed by atoms with van der Waals surface area (Å²) in [6.45, 7) is 3.82. The van der Waals surface area contributed by atoms with Crippen LogP contribution in [0.3, 0.4) is 0 Å². The second-order valence-corrected chi connectivity index (χ2v) is 4.64. The molecular formula is C11H16N6O. The van der Waals surface area contributed by atoms with Gasteiger partial charge in [-0.3, -0.25) is 0 Å². The molecule has 1 aliphatic rings. The molecule has 0 aliphatic carbocycles. The lowest BCUT2D eigenvalue weighted by Crippen LogP contribution is -2.34. The zero-order chi connectivity index (χ0) is 12.7. The van der Waals surface area contributed by atoms with Gasteiger partial charge in [0.2, 0.25) is 0 Å². The highest BCUT2D eigenvalue weighted by Crippen LogP contribution is 2.17. The fraction of sp³-hybridized carbons (Fsp3) is 0.545. The van der Waals surface area contributed by atoms with Crippen molar-refractivity contribution in [2.75, 3.05) is 25.0 Å². The summed E-state index contributed by atoms with van der Waals surface area (Å²) in [5.74, 6) is 1.51. The number of hydrogen-bond acceptors (Lipinski definition) is 5. The van der Waals surface area contributed by atoms with Crippen LogP contribution in [-0.4, -0.2) is 45.8 Å². The van der Waals surface area contributed by atoms with Gasteiger partial charge in [-0.15, -0.1) is 0 Å². The molecule has 2 N–H and O–H groups in total. The minimum Gasteiger partial charge on any atom is -0.355 e. The predicted molar refractivity (Wildman–Crippen MR) is 68.0 cm³/mol. The first-order valence-electron chi connectivity index (χ1n) is 6.05. The Balaban J connectivity index is 2.04. The van der Waals surface area contributed by atoms with Gasteiger partial charge in [-0.05, 0) is 19.9 Å². The molecule has 3 rings (SSSR count). The van der Waals surface area contributed by atoms with Crippen molar-refractivity contribution in [3.05, 3.63) is 22.4 Å². The summed E-state index contributed by atoms with van der Waals surface area (Å²) in [7, 11) is 2.03. The van der Waals surface area contributed by atoms with Crippen molar-refractivity contribution < 1.29 is 0 Å². The molecule has 96 valence electrons. The number of nitrogens with zero attached hydrogens (tertiary/aromatic N) is 4. The molecular weight excluding hydrogens is 232 g/mol. The van der Waals surface area contributed by atoms with E-state index in [0.29, 0.717) is 17.5 Å². The van der Waals surface area contributed by atoms with Crippen LogP contribution in [0.25, 0.3) is 5.65 Å². The molecule has 1 unspecified atom stereocenters. The highest BCUT2D eigenvalue weighted by molar-refractivity contribution is 5.51. The van der Waals surface area contributed by atoms with E-state index in [1.54, 1.807) is 0 Å². The van der Waals surface area contributed by atoms with Crippen LogP contribution < -0.4 is 15.9 Å². The van der Waals surface area contributed by atoms with E-state index in [0.717, 1.165) is 25.3 Å². The lowest BCUT2D eigenvalue weighted by molar-refractivity contribution is 0.675. The van der Waals surface area contributed by atoms with Gasteiger partial charge >= 0.3 is 5.69 Å². The van der Waals surface area contributed by atoms with Crippen LogP contribution in [0.1, 0.15) is 12.2 Å². The Labute approximate surface area is 104 Å². The predicted octanol–water partition coefficient (Wildman–Crippen LogP) is -0.476. The van der Waals surface area contributed by atoms with Crippen LogP contribution in [0.15, 0.2) is 10.9 Å². The molecule has 2 aromatic rings. The molecule has 1 saturated heterocycles. The molecule has 1 aliphatic heterocycles. The number of H-pyrrole nitrogens is 1. The molecule has 2 aromatic heterocycles. The van der Waals surface area contributed by atoms with Gasteiger partial charge in [-0.25, -0.2) is 19.3 Å². The van der Waals surface area contributed by atoms with Crippen LogP contribution in [0, 0.1) is 6.92 Å². The summed E-state index contributed by atoms with van der Waals surface area (Å²) >= 11 is 0. The smallest absolute Gasteiger partial charge is 0.349 e. The number of rotatable bonds is 2. The second-order valence-electron chi connectivity index (χ2n) is 4.64. The van der Waals surface area contributed by atoms with Crippen LogP contribution in [0.4, 0.5) is 5.82 Å². The summed E-state index contributed by atoms with van der Waals surface area (Å²) < 4.78 is 1.48. The highest BCUT2D eigenvalue weighted by Gasteiger charge is 2.21. The Morgan fingerprint density at radius 3 is 3.11 bits per heavy atom. The number of nitrogens with one attached hydrogen (secondary N) is 2. The van der Waals surface area contributed by atoms with Gasteiger partial charge in [-0.1, -0.05) is 0 Å². The molecule has 0 amide bonds. The van der Waals surface area contributed by atoms with Crippen molar-refractivity contribution in [3.8, 4) is 0 Å². The van der Waals surface area contributed by atoms with Crippen molar-refractivity contribution in [1.29, 1.82) is 0 Å². The quantitative estimate of drug-likeness (QED) is 0.751. The minimum absolute atomic E-state index is 0.244. The molecule has 7 nitrogen and oxygen atoms in total. The van der Waals surface area contributed by atoms with E-state index >= 15 is 0 Å². The molecule has 0 radical (unpaired) electrons. The molecule has 0 bridgehead atoms. The second kappa shape index (κ2) is 4.09. The number of aromatic nitrogens is 4. The molecule has 3 heterocycles. The van der Waals surface area contributed by atoms with Gasteiger partial charge in [0, 0.05) is 25.7 Å². The maximum absolute atomic E-state index is 11.5. The summed E-state index contributed by atoms with van der Waals surface area (Å²) in [6.07, 6.45) is 1.11. The van der Waals surface area contributed by atoms with Gasteiger partial charge in [0.25, 0.3) is 0 Å². The lowest BCUT2D eigenvalue weighted by atomic mass is 10.2. The van der Waals surface area contributed by atoms with Crippen LogP contribution >= 0.6 is 0 Å². The molecule has 0 spiro atoms. The maximum atomic E-state index is 11.5. The average molecular weight is 248 g/mol. The number of fused-ring (bicyclic) bond motifs is 1. The van der Waals surface area contributed by atoms with Crippen LogP contribution in [0.2, 0.25) is 0 Å². The Hall–Kier alpha value is -1.89. The van der Waals surface area contributed by atoms with Crippen LogP contribution in [0.5, 0.6) is 0 Å². The first-order valence-corrected chi connectivity index (χ1v) is 6.05. The van der Waals surface area contributed by atoms with Crippen LogP contribution in [-0.2, 0) is 0 Å². The summed E-state index contributed by atoms with van der Waals surface area (Å²) in [4.78, 5) is 18.1. The summed E-state index contributed by atoms with van der Waals surface area (Å²) in [5.41, 5.74) is 0.368. The van der Waals surface area contributed by atoms with Crippen molar-refractivity contribution in [1.82, 2.24) is 24.9 Å². The van der Waals surface area contributed by atoms with E-state index in [1.165, 1.54) is 4.40 Å². The number of aromatic amines is 1. The third-order valence-corrected chi connectivity index (χ3v) is 3.50. The van der Waals surface area contributed by atoms with Crippen molar-refractivity contribution in [2.24, 2.45) is 0 Å². The van der Waals surface area contributed by atoms with Gasteiger partial charge in [0.1, 0.15) is 11.6 Å². The highest BCUT2D eigenvalue weighted by atomic mass is 16.1. The van der Waals surface area contributed by atoms with Crippen molar-refractivity contribution >= 4 is 11.5 Å². The lowest BCUT2D eigenvalue weighted by Gasteiger charge is -2.25. The summed E-state index contributed by atoms with van der Waals surface area (Å²) in [5, 5.41) is 9.76.